The van der Waals surface area contributed by atoms with Crippen molar-refractivity contribution in [2.45, 2.75) is 26.8 Å². The number of aromatic nitrogens is 3. The topological polar surface area (TPSA) is 47.8 Å². The maximum absolute atomic E-state index is 12.8. The van der Waals surface area contributed by atoms with Crippen molar-refractivity contribution in [3.63, 3.8) is 0 Å². The smallest absolute Gasteiger partial charge is 0.153 e. The lowest BCUT2D eigenvalue weighted by Crippen LogP contribution is -2.02. The Balaban J connectivity index is 2.29. The summed E-state index contributed by atoms with van der Waals surface area (Å²) in [5, 5.41) is 4.35. The van der Waals surface area contributed by atoms with Crippen molar-refractivity contribution in [2.24, 2.45) is 5.92 Å². The molecule has 0 aliphatic carbocycles. The minimum absolute atomic E-state index is 0.407. The Labute approximate surface area is 111 Å². The van der Waals surface area contributed by atoms with Gasteiger partial charge in [0, 0.05) is 12.7 Å². The molecule has 0 fully saturated rings. The Morgan fingerprint density at radius 1 is 1.42 bits per heavy atom. The average Bonchev–Trinajstić information content (AvgIpc) is 2.80. The van der Waals surface area contributed by atoms with E-state index in [1.807, 2.05) is 0 Å². The minimum Gasteiger partial charge on any atom is -0.298 e. The fraction of sp³-hybridized carbons (Fsp3) is 0.357. The number of aldehydes is 1. The largest absolute Gasteiger partial charge is 0.298 e. The highest BCUT2D eigenvalue weighted by atomic mass is 19.1. The number of nitrogens with zero attached hydrogens (tertiary/aromatic N) is 3. The van der Waals surface area contributed by atoms with Crippen molar-refractivity contribution in [2.75, 3.05) is 0 Å². The molecule has 100 valence electrons. The Kier molecular flexibility index (Phi) is 4.04. The SMILES string of the molecule is CC(C)CCn1cc(C=O)c(-c2ccc(F)cn2)n1. The minimum atomic E-state index is -0.407. The van der Waals surface area contributed by atoms with Crippen LogP contribution in [0.15, 0.2) is 24.5 Å². The maximum atomic E-state index is 12.8. The summed E-state index contributed by atoms with van der Waals surface area (Å²) < 4.78 is 14.6. The lowest BCUT2D eigenvalue weighted by molar-refractivity contribution is 0.112. The molecular weight excluding hydrogens is 245 g/mol. The van der Waals surface area contributed by atoms with E-state index in [-0.39, 0.29) is 0 Å². The monoisotopic (exact) mass is 261 g/mol. The van der Waals surface area contributed by atoms with Crippen LogP contribution in [0.4, 0.5) is 4.39 Å². The normalized spacial score (nSPS) is 10.9. The van der Waals surface area contributed by atoms with Gasteiger partial charge in [0.15, 0.2) is 6.29 Å². The molecule has 2 aromatic heterocycles. The number of hydrogen-bond donors (Lipinski definition) is 0. The van der Waals surface area contributed by atoms with Crippen LogP contribution >= 0.6 is 0 Å². The van der Waals surface area contributed by atoms with E-state index in [0.29, 0.717) is 22.9 Å². The molecule has 0 atom stereocenters. The van der Waals surface area contributed by atoms with E-state index in [2.05, 4.69) is 23.9 Å². The molecule has 19 heavy (non-hydrogen) atoms. The van der Waals surface area contributed by atoms with Crippen molar-refractivity contribution in [3.05, 3.63) is 35.9 Å². The lowest BCUT2D eigenvalue weighted by atomic mass is 10.1. The van der Waals surface area contributed by atoms with Gasteiger partial charge in [0.25, 0.3) is 0 Å². The zero-order chi connectivity index (χ0) is 13.8. The van der Waals surface area contributed by atoms with Gasteiger partial charge in [0.05, 0.1) is 17.5 Å². The fourth-order valence-electron chi connectivity index (χ4n) is 1.74. The van der Waals surface area contributed by atoms with Crippen LogP contribution in [0, 0.1) is 11.7 Å². The third-order valence-electron chi connectivity index (χ3n) is 2.82. The van der Waals surface area contributed by atoms with Crippen molar-refractivity contribution >= 4 is 6.29 Å². The Morgan fingerprint density at radius 2 is 2.21 bits per heavy atom. The molecule has 0 radical (unpaired) electrons. The van der Waals surface area contributed by atoms with Crippen LogP contribution in [-0.2, 0) is 6.54 Å². The lowest BCUT2D eigenvalue weighted by Gasteiger charge is -2.03. The molecule has 0 aliphatic rings. The second kappa shape index (κ2) is 5.73. The molecule has 0 N–H and O–H groups in total. The van der Waals surface area contributed by atoms with E-state index in [4.69, 9.17) is 0 Å². The highest BCUT2D eigenvalue weighted by Crippen LogP contribution is 2.19. The van der Waals surface area contributed by atoms with Gasteiger partial charge in [-0.2, -0.15) is 5.10 Å². The molecule has 0 unspecified atom stereocenters. The molecule has 4 nitrogen and oxygen atoms in total. The molecule has 0 aliphatic heterocycles. The van der Waals surface area contributed by atoms with Gasteiger partial charge in [-0.1, -0.05) is 13.8 Å². The van der Waals surface area contributed by atoms with Gasteiger partial charge in [-0.25, -0.2) is 4.39 Å². The quantitative estimate of drug-likeness (QED) is 0.777. The molecule has 5 heteroatoms. The van der Waals surface area contributed by atoms with Crippen molar-refractivity contribution in [1.29, 1.82) is 0 Å². The van der Waals surface area contributed by atoms with Crippen LogP contribution in [0.3, 0.4) is 0 Å². The van der Waals surface area contributed by atoms with E-state index < -0.39 is 5.82 Å². The number of rotatable bonds is 5. The Morgan fingerprint density at radius 3 is 2.79 bits per heavy atom. The average molecular weight is 261 g/mol. The van der Waals surface area contributed by atoms with Crippen molar-refractivity contribution in [3.8, 4) is 11.4 Å². The first-order valence-electron chi connectivity index (χ1n) is 6.24. The third-order valence-corrected chi connectivity index (χ3v) is 2.82. The highest BCUT2D eigenvalue weighted by Gasteiger charge is 2.12. The van der Waals surface area contributed by atoms with Gasteiger partial charge in [-0.15, -0.1) is 0 Å². The molecule has 0 saturated heterocycles. The third kappa shape index (κ3) is 3.24. The maximum Gasteiger partial charge on any atom is 0.153 e. The van der Waals surface area contributed by atoms with Crippen LogP contribution in [0.1, 0.15) is 30.6 Å². The molecule has 0 amide bonds. The summed E-state index contributed by atoms with van der Waals surface area (Å²) in [6.45, 7) is 5.01. The van der Waals surface area contributed by atoms with Gasteiger partial charge in [0.2, 0.25) is 0 Å². The predicted molar refractivity (Wildman–Crippen MR) is 70.3 cm³/mol. The number of halogens is 1. The molecule has 2 rings (SSSR count). The van der Waals surface area contributed by atoms with Crippen LogP contribution < -0.4 is 0 Å². The number of carbonyl (C=O) groups excluding carboxylic acids is 1. The summed E-state index contributed by atoms with van der Waals surface area (Å²) in [6, 6.07) is 2.83. The summed E-state index contributed by atoms with van der Waals surface area (Å²) in [5.74, 6) is 0.159. The standard InChI is InChI=1S/C14H16FN3O/c1-10(2)5-6-18-8-11(9-19)14(17-18)13-4-3-12(15)7-16-13/h3-4,7-10H,5-6H2,1-2H3. The fourth-order valence-corrected chi connectivity index (χ4v) is 1.74. The Bertz CT molecular complexity index is 561. The summed E-state index contributed by atoms with van der Waals surface area (Å²) in [5.41, 5.74) is 1.48. The Hall–Kier alpha value is -2.04. The van der Waals surface area contributed by atoms with Crippen LogP contribution in [0.5, 0.6) is 0 Å². The van der Waals surface area contributed by atoms with E-state index in [1.165, 1.54) is 12.1 Å². The number of aryl methyl sites for hydroxylation is 1. The van der Waals surface area contributed by atoms with Gasteiger partial charge in [0.1, 0.15) is 11.5 Å². The second-order valence-corrected chi connectivity index (χ2v) is 4.86. The van der Waals surface area contributed by atoms with Gasteiger partial charge in [-0.3, -0.25) is 14.5 Å². The zero-order valence-electron chi connectivity index (χ0n) is 11.0. The first-order valence-corrected chi connectivity index (χ1v) is 6.24. The molecular formula is C14H16FN3O. The molecule has 2 aromatic rings. The number of hydrogen-bond acceptors (Lipinski definition) is 3. The van der Waals surface area contributed by atoms with E-state index >= 15 is 0 Å². The second-order valence-electron chi connectivity index (χ2n) is 4.86. The highest BCUT2D eigenvalue weighted by molar-refractivity contribution is 5.84. The van der Waals surface area contributed by atoms with Crippen molar-refractivity contribution in [1.82, 2.24) is 14.8 Å². The first kappa shape index (κ1) is 13.4. The molecule has 0 bridgehead atoms. The van der Waals surface area contributed by atoms with Crippen LogP contribution in [0.25, 0.3) is 11.4 Å². The molecule has 0 saturated carbocycles. The molecule has 2 heterocycles. The number of pyridine rings is 1. The summed E-state index contributed by atoms with van der Waals surface area (Å²) >= 11 is 0. The summed E-state index contributed by atoms with van der Waals surface area (Å²) in [4.78, 5) is 15.0. The van der Waals surface area contributed by atoms with E-state index in [9.17, 15) is 9.18 Å². The van der Waals surface area contributed by atoms with E-state index in [1.54, 1.807) is 10.9 Å². The first-order chi connectivity index (χ1) is 9.10. The summed E-state index contributed by atoms with van der Waals surface area (Å²) in [6.07, 6.45) is 4.56. The zero-order valence-corrected chi connectivity index (χ0v) is 11.0. The van der Waals surface area contributed by atoms with Crippen LogP contribution in [0.2, 0.25) is 0 Å². The van der Waals surface area contributed by atoms with Gasteiger partial charge < -0.3 is 0 Å². The number of carbonyl (C=O) groups is 1. The van der Waals surface area contributed by atoms with Gasteiger partial charge >= 0.3 is 0 Å². The summed E-state index contributed by atoms with van der Waals surface area (Å²) in [7, 11) is 0. The van der Waals surface area contributed by atoms with Gasteiger partial charge in [-0.05, 0) is 24.5 Å². The molecule has 0 aromatic carbocycles. The van der Waals surface area contributed by atoms with Crippen molar-refractivity contribution < 1.29 is 9.18 Å². The van der Waals surface area contributed by atoms with Crippen LogP contribution in [-0.4, -0.2) is 21.1 Å². The van der Waals surface area contributed by atoms with E-state index in [0.717, 1.165) is 25.4 Å². The molecule has 0 spiro atoms. The predicted octanol–water partition coefficient (Wildman–Crippen LogP) is 2.94.